The van der Waals surface area contributed by atoms with Crippen molar-refractivity contribution < 1.29 is 19.1 Å². The molecule has 1 saturated carbocycles. The average molecular weight is 359 g/mol. The lowest BCUT2D eigenvalue weighted by Crippen LogP contribution is -2.27. The van der Waals surface area contributed by atoms with Gasteiger partial charge in [0.1, 0.15) is 17.1 Å². The Morgan fingerprint density at radius 2 is 2.12 bits per heavy atom. The molecule has 140 valence electrons. The predicted molar refractivity (Wildman–Crippen MR) is 95.4 cm³/mol. The molecule has 7 nitrogen and oxygen atoms in total. The Morgan fingerprint density at radius 1 is 1.42 bits per heavy atom. The van der Waals surface area contributed by atoms with E-state index in [-0.39, 0.29) is 24.1 Å². The first kappa shape index (κ1) is 18.2. The fourth-order valence-corrected chi connectivity index (χ4v) is 3.17. The quantitative estimate of drug-likeness (QED) is 0.816. The highest BCUT2D eigenvalue weighted by Crippen LogP contribution is 2.43. The van der Waals surface area contributed by atoms with Crippen molar-refractivity contribution in [2.24, 2.45) is 0 Å². The van der Waals surface area contributed by atoms with Gasteiger partial charge in [0.25, 0.3) is 5.91 Å². The number of aryl methyl sites for hydroxylation is 1. The Hall–Kier alpha value is -2.57. The zero-order valence-corrected chi connectivity index (χ0v) is 15.7. The van der Waals surface area contributed by atoms with Crippen LogP contribution in [0, 0.1) is 6.92 Å². The van der Waals surface area contributed by atoms with E-state index in [0.717, 1.165) is 25.0 Å². The van der Waals surface area contributed by atoms with Crippen molar-refractivity contribution in [3.8, 4) is 0 Å². The Balaban J connectivity index is 1.82. The van der Waals surface area contributed by atoms with Gasteiger partial charge >= 0.3 is 5.97 Å². The van der Waals surface area contributed by atoms with Crippen molar-refractivity contribution in [3.05, 3.63) is 40.6 Å². The molecule has 0 aliphatic heterocycles. The van der Waals surface area contributed by atoms with Crippen LogP contribution in [0.15, 0.2) is 16.7 Å². The number of carbonyl (C=O) groups excluding carboxylic acids is 1. The highest BCUT2D eigenvalue weighted by Gasteiger charge is 2.34. The normalized spacial score (nSPS) is 15.1. The minimum Gasteiger partial charge on any atom is -0.478 e. The zero-order valence-electron chi connectivity index (χ0n) is 15.7. The highest BCUT2D eigenvalue weighted by atomic mass is 16.4. The van der Waals surface area contributed by atoms with Gasteiger partial charge in [-0.2, -0.15) is 5.10 Å². The number of hydrogen-bond donors (Lipinski definition) is 1. The summed E-state index contributed by atoms with van der Waals surface area (Å²) >= 11 is 0. The Labute approximate surface area is 152 Å². The molecule has 1 N–H and O–H groups in total. The summed E-state index contributed by atoms with van der Waals surface area (Å²) in [6, 6.07) is 1.73. The van der Waals surface area contributed by atoms with Crippen molar-refractivity contribution in [2.45, 2.75) is 58.5 Å². The van der Waals surface area contributed by atoms with Crippen LogP contribution in [0.3, 0.4) is 0 Å². The molecule has 3 rings (SSSR count). The molecule has 0 bridgehead atoms. The van der Waals surface area contributed by atoms with E-state index in [0.29, 0.717) is 23.0 Å². The van der Waals surface area contributed by atoms with Crippen LogP contribution < -0.4 is 0 Å². The van der Waals surface area contributed by atoms with Crippen LogP contribution >= 0.6 is 0 Å². The van der Waals surface area contributed by atoms with Crippen LogP contribution in [0.25, 0.3) is 0 Å². The number of rotatable bonds is 7. The van der Waals surface area contributed by atoms with Gasteiger partial charge < -0.3 is 14.4 Å². The second-order valence-electron chi connectivity index (χ2n) is 7.07. The lowest BCUT2D eigenvalue weighted by Gasteiger charge is -2.18. The van der Waals surface area contributed by atoms with Crippen molar-refractivity contribution in [3.63, 3.8) is 0 Å². The Bertz CT molecular complexity index is 832. The maximum atomic E-state index is 13.0. The van der Waals surface area contributed by atoms with Crippen LogP contribution in [0.1, 0.15) is 83.0 Å². The fourth-order valence-electron chi connectivity index (χ4n) is 3.17. The van der Waals surface area contributed by atoms with Gasteiger partial charge in [0, 0.05) is 19.0 Å². The van der Waals surface area contributed by atoms with Gasteiger partial charge in [-0.3, -0.25) is 9.48 Å². The number of nitrogens with zero attached hydrogens (tertiary/aromatic N) is 3. The van der Waals surface area contributed by atoms with E-state index in [4.69, 9.17) is 9.52 Å². The molecule has 26 heavy (non-hydrogen) atoms. The summed E-state index contributed by atoms with van der Waals surface area (Å²) in [6.45, 7) is 6.04. The first-order valence-corrected chi connectivity index (χ1v) is 8.98. The van der Waals surface area contributed by atoms with Gasteiger partial charge in [-0.25, -0.2) is 4.79 Å². The molecule has 1 atom stereocenters. The monoisotopic (exact) mass is 359 g/mol. The topological polar surface area (TPSA) is 88.6 Å². The number of aromatic carboxylic acids is 1. The molecule has 0 radical (unpaired) electrons. The third-order valence-electron chi connectivity index (χ3n) is 4.98. The minimum atomic E-state index is -1.03. The second-order valence-corrected chi connectivity index (χ2v) is 7.07. The number of amides is 1. The molecule has 2 aromatic rings. The van der Waals surface area contributed by atoms with E-state index in [2.05, 4.69) is 18.9 Å². The summed E-state index contributed by atoms with van der Waals surface area (Å²) < 4.78 is 7.47. The maximum Gasteiger partial charge on any atom is 0.339 e. The van der Waals surface area contributed by atoms with E-state index in [1.54, 1.807) is 25.1 Å². The van der Waals surface area contributed by atoms with E-state index in [9.17, 15) is 9.59 Å². The third-order valence-corrected chi connectivity index (χ3v) is 4.98. The largest absolute Gasteiger partial charge is 0.478 e. The van der Waals surface area contributed by atoms with Gasteiger partial charge in [0.15, 0.2) is 0 Å². The molecule has 2 heterocycles. The predicted octanol–water partition coefficient (Wildman–Crippen LogP) is 3.60. The molecular weight excluding hydrogens is 334 g/mol. The first-order chi connectivity index (χ1) is 12.3. The molecule has 0 aromatic carbocycles. The van der Waals surface area contributed by atoms with Gasteiger partial charge in [-0.05, 0) is 39.2 Å². The van der Waals surface area contributed by atoms with Gasteiger partial charge in [0.2, 0.25) is 0 Å². The molecule has 0 spiro atoms. The lowest BCUT2D eigenvalue weighted by atomic mass is 10.1. The van der Waals surface area contributed by atoms with Crippen LogP contribution in [-0.4, -0.2) is 38.7 Å². The lowest BCUT2D eigenvalue weighted by molar-refractivity contribution is 0.0694. The number of aromatic nitrogens is 2. The summed E-state index contributed by atoms with van der Waals surface area (Å²) in [4.78, 5) is 25.7. The molecule has 7 heteroatoms. The van der Waals surface area contributed by atoms with Crippen LogP contribution in [0.2, 0.25) is 0 Å². The van der Waals surface area contributed by atoms with E-state index >= 15 is 0 Å². The minimum absolute atomic E-state index is 0.118. The molecule has 0 saturated heterocycles. The fraction of sp³-hybridized carbons (Fsp3) is 0.526. The summed E-state index contributed by atoms with van der Waals surface area (Å²) in [6.07, 6.45) is 4.79. The molecule has 1 unspecified atom stereocenters. The van der Waals surface area contributed by atoms with Crippen LogP contribution in [0.4, 0.5) is 0 Å². The smallest absolute Gasteiger partial charge is 0.339 e. The third kappa shape index (κ3) is 3.38. The molecule has 1 aliphatic carbocycles. The Kier molecular flexibility index (Phi) is 4.89. The highest BCUT2D eigenvalue weighted by molar-refractivity contribution is 5.95. The molecule has 2 aromatic heterocycles. The summed E-state index contributed by atoms with van der Waals surface area (Å²) in [7, 11) is 1.69. The molecule has 1 fully saturated rings. The molecule has 1 aliphatic rings. The number of carbonyl (C=O) groups is 2. The summed E-state index contributed by atoms with van der Waals surface area (Å²) in [5, 5.41) is 13.6. The van der Waals surface area contributed by atoms with Crippen molar-refractivity contribution >= 4 is 11.9 Å². The number of hydrogen-bond acceptors (Lipinski definition) is 4. The van der Waals surface area contributed by atoms with Crippen LogP contribution in [0.5, 0.6) is 0 Å². The maximum absolute atomic E-state index is 13.0. The van der Waals surface area contributed by atoms with Gasteiger partial charge in [-0.1, -0.05) is 6.92 Å². The number of furan rings is 1. The molecular formula is C19H25N3O4. The van der Waals surface area contributed by atoms with Crippen molar-refractivity contribution in [1.82, 2.24) is 14.7 Å². The van der Waals surface area contributed by atoms with Gasteiger partial charge in [-0.15, -0.1) is 0 Å². The van der Waals surface area contributed by atoms with Crippen LogP contribution in [-0.2, 0) is 6.54 Å². The second kappa shape index (κ2) is 6.97. The summed E-state index contributed by atoms with van der Waals surface area (Å²) in [5.74, 6) is 0.0580. The van der Waals surface area contributed by atoms with Crippen molar-refractivity contribution in [2.75, 3.05) is 7.05 Å². The zero-order chi connectivity index (χ0) is 19.0. The van der Waals surface area contributed by atoms with Gasteiger partial charge in [0.05, 0.1) is 24.0 Å². The van der Waals surface area contributed by atoms with E-state index < -0.39 is 5.97 Å². The Morgan fingerprint density at radius 3 is 2.65 bits per heavy atom. The number of carboxylic acid groups (broad SMARTS) is 1. The first-order valence-electron chi connectivity index (χ1n) is 8.98. The van der Waals surface area contributed by atoms with E-state index in [1.807, 2.05) is 4.68 Å². The van der Waals surface area contributed by atoms with E-state index in [1.165, 1.54) is 6.07 Å². The summed E-state index contributed by atoms with van der Waals surface area (Å²) in [5.41, 5.74) is 1.79. The molecule has 1 amide bonds. The van der Waals surface area contributed by atoms with Crippen molar-refractivity contribution in [1.29, 1.82) is 0 Å². The standard InChI is InChI=1S/C19H25N3O4/c1-5-11(2)22-17(13-6-7-13)16(9-20-22)18(23)21(4)10-14-8-15(19(24)25)12(3)26-14/h8-9,11,13H,5-7,10H2,1-4H3,(H,24,25). The SMILES string of the molecule is CCC(C)n1ncc(C(=O)N(C)Cc2cc(C(=O)O)c(C)o2)c1C1CC1. The average Bonchev–Trinajstić information content (AvgIpc) is 3.23. The number of carboxylic acids is 1.